The van der Waals surface area contributed by atoms with Gasteiger partial charge in [0.15, 0.2) is 17.0 Å². The van der Waals surface area contributed by atoms with E-state index in [4.69, 9.17) is 4.74 Å². The number of aliphatic hydroxyl groups is 1. The summed E-state index contributed by atoms with van der Waals surface area (Å²) in [5.41, 5.74) is 0.971. The lowest BCUT2D eigenvalue weighted by molar-refractivity contribution is 0.0210. The van der Waals surface area contributed by atoms with E-state index in [0.717, 1.165) is 37.0 Å². The summed E-state index contributed by atoms with van der Waals surface area (Å²) in [5.74, 6) is 1.13. The Labute approximate surface area is 189 Å². The number of amides is 1. The fourth-order valence-electron chi connectivity index (χ4n) is 3.80. The first-order chi connectivity index (χ1) is 15.1. The van der Waals surface area contributed by atoms with Gasteiger partial charge < -0.3 is 29.9 Å². The van der Waals surface area contributed by atoms with Crippen LogP contribution in [-0.2, 0) is 11.3 Å². The molecule has 1 amide bonds. The molecule has 0 radical (unpaired) electrons. The van der Waals surface area contributed by atoms with Crippen molar-refractivity contribution in [1.82, 2.24) is 24.4 Å². The van der Waals surface area contributed by atoms with E-state index in [2.05, 4.69) is 25.6 Å². The minimum Gasteiger partial charge on any atom is -0.444 e. The van der Waals surface area contributed by atoms with Gasteiger partial charge in [0.05, 0.1) is 18.5 Å². The van der Waals surface area contributed by atoms with Crippen molar-refractivity contribution in [3.63, 3.8) is 0 Å². The maximum Gasteiger partial charge on any atom is 0.410 e. The highest BCUT2D eigenvalue weighted by atomic mass is 16.6. The molecule has 3 rings (SSSR count). The van der Waals surface area contributed by atoms with Gasteiger partial charge in [0.25, 0.3) is 0 Å². The van der Waals surface area contributed by atoms with Gasteiger partial charge in [0.1, 0.15) is 5.60 Å². The predicted molar refractivity (Wildman–Crippen MR) is 125 cm³/mol. The molecule has 32 heavy (non-hydrogen) atoms. The predicted octanol–water partition coefficient (Wildman–Crippen LogP) is 3.23. The van der Waals surface area contributed by atoms with Gasteiger partial charge in [-0.2, -0.15) is 9.97 Å². The van der Waals surface area contributed by atoms with Crippen molar-refractivity contribution < 1.29 is 14.6 Å². The van der Waals surface area contributed by atoms with Crippen LogP contribution in [0.2, 0.25) is 0 Å². The molecule has 1 aliphatic rings. The number of anilines is 2. The molecule has 0 aliphatic carbocycles. The van der Waals surface area contributed by atoms with Gasteiger partial charge in [-0.05, 0) is 53.9 Å². The average molecular weight is 448 g/mol. The van der Waals surface area contributed by atoms with Gasteiger partial charge in [0.2, 0.25) is 5.95 Å². The van der Waals surface area contributed by atoms with Gasteiger partial charge in [0, 0.05) is 25.7 Å². The van der Waals surface area contributed by atoms with E-state index in [-0.39, 0.29) is 18.2 Å². The van der Waals surface area contributed by atoms with Crippen LogP contribution in [0.15, 0.2) is 6.33 Å². The minimum absolute atomic E-state index is 0.143. The maximum absolute atomic E-state index is 12.3. The largest absolute Gasteiger partial charge is 0.444 e. The first-order valence-corrected chi connectivity index (χ1v) is 11.5. The zero-order valence-electron chi connectivity index (χ0n) is 20.1. The summed E-state index contributed by atoms with van der Waals surface area (Å²) in [5, 5.41) is 16.8. The Morgan fingerprint density at radius 2 is 1.97 bits per heavy atom. The molecule has 2 aromatic heterocycles. The number of fused-ring (bicyclic) bond motifs is 1. The molecular formula is C22H37N7O3. The number of rotatable bonds is 7. The minimum atomic E-state index is -0.524. The number of carbonyl (C=O) groups excluding carboxylic acids is 1. The van der Waals surface area contributed by atoms with Gasteiger partial charge >= 0.3 is 6.09 Å². The number of nitrogens with one attached hydrogen (secondary N) is 2. The van der Waals surface area contributed by atoms with Gasteiger partial charge in [-0.25, -0.2) is 9.78 Å². The van der Waals surface area contributed by atoms with E-state index in [0.29, 0.717) is 24.9 Å². The average Bonchev–Trinajstić information content (AvgIpc) is 3.14. The molecule has 0 saturated carbocycles. The van der Waals surface area contributed by atoms with E-state index >= 15 is 0 Å². The number of ether oxygens (including phenoxy) is 1. The van der Waals surface area contributed by atoms with Crippen LogP contribution in [0.4, 0.5) is 16.6 Å². The standard InChI is InChI=1S/C22H37N7O3/c1-7-16(14(3)30)25-20-26-18(17-19(27-20)28(8-2)13-23-17)24-15-9-11-29(12-10-15)21(31)32-22(4,5)6/h13-16,30H,7-12H2,1-6H3,(H2,24,25,26,27)/t14-,16+/m1/s1. The first kappa shape index (κ1) is 24.0. The summed E-state index contributed by atoms with van der Waals surface area (Å²) in [4.78, 5) is 28.0. The smallest absolute Gasteiger partial charge is 0.410 e. The Morgan fingerprint density at radius 1 is 1.28 bits per heavy atom. The summed E-state index contributed by atoms with van der Waals surface area (Å²) < 4.78 is 7.46. The molecule has 178 valence electrons. The number of imidazole rings is 1. The number of aliphatic hydroxyl groups excluding tert-OH is 1. The molecule has 2 aromatic rings. The van der Waals surface area contributed by atoms with Crippen LogP contribution in [0.1, 0.15) is 60.8 Å². The monoisotopic (exact) mass is 447 g/mol. The van der Waals surface area contributed by atoms with Gasteiger partial charge in [-0.15, -0.1) is 0 Å². The molecule has 0 aromatic carbocycles. The van der Waals surface area contributed by atoms with Crippen LogP contribution in [0.25, 0.3) is 11.2 Å². The lowest BCUT2D eigenvalue weighted by atomic mass is 10.1. The van der Waals surface area contributed by atoms with Crippen LogP contribution < -0.4 is 10.6 Å². The summed E-state index contributed by atoms with van der Waals surface area (Å²) in [6.45, 7) is 13.4. The molecule has 1 fully saturated rings. The zero-order chi connectivity index (χ0) is 23.5. The summed E-state index contributed by atoms with van der Waals surface area (Å²) >= 11 is 0. The van der Waals surface area contributed by atoms with Crippen molar-refractivity contribution in [2.75, 3.05) is 23.7 Å². The Bertz CT molecular complexity index is 914. The lowest BCUT2D eigenvalue weighted by Gasteiger charge is -2.34. The maximum atomic E-state index is 12.3. The van der Waals surface area contributed by atoms with E-state index in [9.17, 15) is 9.90 Å². The number of aryl methyl sites for hydroxylation is 1. The number of likely N-dealkylation sites (tertiary alicyclic amines) is 1. The fourth-order valence-corrected chi connectivity index (χ4v) is 3.80. The summed E-state index contributed by atoms with van der Waals surface area (Å²) in [6.07, 6.45) is 3.30. The molecule has 0 unspecified atom stereocenters. The van der Waals surface area contributed by atoms with Crippen LogP contribution in [0.5, 0.6) is 0 Å². The molecule has 3 heterocycles. The Balaban J connectivity index is 1.75. The first-order valence-electron chi connectivity index (χ1n) is 11.5. The highest BCUT2D eigenvalue weighted by Crippen LogP contribution is 2.25. The lowest BCUT2D eigenvalue weighted by Crippen LogP contribution is -2.44. The normalized spacial score (nSPS) is 17.3. The van der Waals surface area contributed by atoms with Crippen molar-refractivity contribution in [2.24, 2.45) is 0 Å². The third-order valence-electron chi connectivity index (χ3n) is 5.63. The van der Waals surface area contributed by atoms with E-state index in [1.807, 2.05) is 39.2 Å². The van der Waals surface area contributed by atoms with Gasteiger partial charge in [-0.1, -0.05) is 6.92 Å². The van der Waals surface area contributed by atoms with Gasteiger partial charge in [-0.3, -0.25) is 0 Å². The Hall–Kier alpha value is -2.62. The number of hydrogen-bond donors (Lipinski definition) is 3. The van der Waals surface area contributed by atoms with Crippen LogP contribution in [-0.4, -0.2) is 72.5 Å². The fraction of sp³-hybridized carbons (Fsp3) is 0.727. The summed E-state index contributed by atoms with van der Waals surface area (Å²) in [6, 6.07) is 0.0144. The van der Waals surface area contributed by atoms with Crippen LogP contribution >= 0.6 is 0 Å². The number of hydrogen-bond acceptors (Lipinski definition) is 8. The third-order valence-corrected chi connectivity index (χ3v) is 5.63. The highest BCUT2D eigenvalue weighted by molar-refractivity contribution is 5.84. The number of nitrogens with zero attached hydrogens (tertiary/aromatic N) is 5. The Morgan fingerprint density at radius 3 is 2.53 bits per heavy atom. The highest BCUT2D eigenvalue weighted by Gasteiger charge is 2.28. The second kappa shape index (κ2) is 9.89. The van der Waals surface area contributed by atoms with Crippen molar-refractivity contribution in [2.45, 2.75) is 91.1 Å². The summed E-state index contributed by atoms with van der Waals surface area (Å²) in [7, 11) is 0. The van der Waals surface area contributed by atoms with Crippen molar-refractivity contribution in [3.8, 4) is 0 Å². The molecule has 0 spiro atoms. The molecule has 2 atom stereocenters. The number of carbonyl (C=O) groups is 1. The second-order valence-corrected chi connectivity index (χ2v) is 9.38. The molecule has 0 bridgehead atoms. The molecule has 10 heteroatoms. The molecular weight excluding hydrogens is 410 g/mol. The van der Waals surface area contributed by atoms with Crippen molar-refractivity contribution in [3.05, 3.63) is 6.33 Å². The zero-order valence-corrected chi connectivity index (χ0v) is 20.1. The van der Waals surface area contributed by atoms with Crippen LogP contribution in [0.3, 0.4) is 0 Å². The molecule has 10 nitrogen and oxygen atoms in total. The van der Waals surface area contributed by atoms with E-state index in [1.165, 1.54) is 0 Å². The third kappa shape index (κ3) is 5.79. The number of piperidine rings is 1. The van der Waals surface area contributed by atoms with Crippen LogP contribution in [0, 0.1) is 0 Å². The quantitative estimate of drug-likeness (QED) is 0.592. The molecule has 1 aliphatic heterocycles. The topological polar surface area (TPSA) is 117 Å². The SMILES string of the molecule is CC[C@H](Nc1nc(NC2CCN(C(=O)OC(C)(C)C)CC2)c2ncn(CC)c2n1)[C@@H](C)O. The van der Waals surface area contributed by atoms with E-state index < -0.39 is 11.7 Å². The van der Waals surface area contributed by atoms with Crippen molar-refractivity contribution >= 4 is 29.0 Å². The number of aromatic nitrogens is 4. The molecule has 1 saturated heterocycles. The van der Waals surface area contributed by atoms with Crippen molar-refractivity contribution in [1.29, 1.82) is 0 Å². The Kier molecular flexibility index (Phi) is 7.43. The second-order valence-electron chi connectivity index (χ2n) is 9.38. The molecule has 3 N–H and O–H groups in total. The van der Waals surface area contributed by atoms with E-state index in [1.54, 1.807) is 18.2 Å².